The summed E-state index contributed by atoms with van der Waals surface area (Å²) in [5.41, 5.74) is 0. The van der Waals surface area contributed by atoms with Gasteiger partial charge in [0.1, 0.15) is 12.2 Å². The number of carbonyl (C=O) groups is 1. The Morgan fingerprint density at radius 1 is 1.58 bits per heavy atom. The first-order valence-corrected chi connectivity index (χ1v) is 4.58. The summed E-state index contributed by atoms with van der Waals surface area (Å²) in [4.78, 5) is 10.2. The third kappa shape index (κ3) is 2.57. The lowest BCUT2D eigenvalue weighted by Gasteiger charge is -2.05. The van der Waals surface area contributed by atoms with Crippen LogP contribution in [0, 0.1) is 0 Å². The van der Waals surface area contributed by atoms with Crippen molar-refractivity contribution >= 4 is 6.29 Å². The van der Waals surface area contributed by atoms with Crippen LogP contribution in [0.2, 0.25) is 0 Å². The van der Waals surface area contributed by atoms with Crippen LogP contribution in [-0.2, 0) is 9.53 Å². The van der Waals surface area contributed by atoms with Gasteiger partial charge in [0.2, 0.25) is 0 Å². The van der Waals surface area contributed by atoms with Crippen molar-refractivity contribution in [2.45, 2.75) is 50.9 Å². The van der Waals surface area contributed by atoms with Crippen LogP contribution in [0.4, 0.5) is 0 Å². The second kappa shape index (κ2) is 4.58. The molecule has 0 aromatic rings. The van der Waals surface area contributed by atoms with Crippen molar-refractivity contribution in [2.75, 3.05) is 0 Å². The van der Waals surface area contributed by atoms with E-state index >= 15 is 0 Å². The minimum absolute atomic E-state index is 0.209. The molecular formula is C9H16O3. The molecule has 0 radical (unpaired) electrons. The van der Waals surface area contributed by atoms with Crippen LogP contribution in [-0.4, -0.2) is 29.7 Å². The van der Waals surface area contributed by atoms with E-state index in [9.17, 15) is 9.90 Å². The Hall–Kier alpha value is -0.410. The Balaban J connectivity index is 2.05. The quantitative estimate of drug-likeness (QED) is 0.368. The SMILES string of the molecule is CCCCC[C@@H](O)[C@@H]1O[C@H]1C=O. The van der Waals surface area contributed by atoms with Gasteiger partial charge in [0.15, 0.2) is 6.29 Å². The molecule has 0 aliphatic carbocycles. The van der Waals surface area contributed by atoms with Crippen LogP contribution in [0.1, 0.15) is 32.6 Å². The molecule has 12 heavy (non-hydrogen) atoms. The molecular weight excluding hydrogens is 156 g/mol. The average molecular weight is 172 g/mol. The van der Waals surface area contributed by atoms with Crippen LogP contribution in [0.25, 0.3) is 0 Å². The summed E-state index contributed by atoms with van der Waals surface area (Å²) in [6.45, 7) is 2.12. The number of epoxide rings is 1. The molecule has 0 amide bonds. The van der Waals surface area contributed by atoms with Gasteiger partial charge in [-0.15, -0.1) is 0 Å². The Morgan fingerprint density at radius 3 is 2.83 bits per heavy atom. The Kier molecular flexibility index (Phi) is 3.69. The number of aldehydes is 1. The maximum absolute atomic E-state index is 10.2. The van der Waals surface area contributed by atoms with E-state index in [-0.39, 0.29) is 12.2 Å². The summed E-state index contributed by atoms with van der Waals surface area (Å²) in [6, 6.07) is 0. The highest BCUT2D eigenvalue weighted by molar-refractivity contribution is 5.60. The zero-order chi connectivity index (χ0) is 8.97. The highest BCUT2D eigenvalue weighted by Crippen LogP contribution is 2.26. The lowest BCUT2D eigenvalue weighted by molar-refractivity contribution is -0.108. The van der Waals surface area contributed by atoms with Crippen molar-refractivity contribution in [3.63, 3.8) is 0 Å². The van der Waals surface area contributed by atoms with Crippen molar-refractivity contribution in [1.29, 1.82) is 0 Å². The lowest BCUT2D eigenvalue weighted by atomic mass is 10.1. The molecule has 3 nitrogen and oxygen atoms in total. The molecule has 1 heterocycles. The number of rotatable bonds is 6. The normalized spacial score (nSPS) is 29.8. The minimum Gasteiger partial charge on any atom is -0.390 e. The molecule has 1 N–H and O–H groups in total. The summed E-state index contributed by atoms with van der Waals surface area (Å²) >= 11 is 0. The molecule has 0 aromatic heterocycles. The fraction of sp³-hybridized carbons (Fsp3) is 0.889. The number of aliphatic hydroxyl groups excluding tert-OH is 1. The van der Waals surface area contributed by atoms with E-state index in [1.165, 1.54) is 0 Å². The zero-order valence-corrected chi connectivity index (χ0v) is 7.40. The molecule has 1 aliphatic heterocycles. The van der Waals surface area contributed by atoms with Crippen molar-refractivity contribution in [1.82, 2.24) is 0 Å². The number of carbonyl (C=O) groups excluding carboxylic acids is 1. The topological polar surface area (TPSA) is 49.8 Å². The molecule has 70 valence electrons. The van der Waals surface area contributed by atoms with Crippen LogP contribution in [0.3, 0.4) is 0 Å². The van der Waals surface area contributed by atoms with Gasteiger partial charge in [-0.2, -0.15) is 0 Å². The van der Waals surface area contributed by atoms with Gasteiger partial charge >= 0.3 is 0 Å². The Morgan fingerprint density at radius 2 is 2.33 bits per heavy atom. The predicted molar refractivity (Wildman–Crippen MR) is 44.9 cm³/mol. The third-order valence-electron chi connectivity index (χ3n) is 2.18. The molecule has 1 rings (SSSR count). The fourth-order valence-corrected chi connectivity index (χ4v) is 1.32. The molecule has 0 aromatic carbocycles. The summed E-state index contributed by atoms with van der Waals surface area (Å²) in [5, 5.41) is 9.43. The van der Waals surface area contributed by atoms with Gasteiger partial charge in [-0.05, 0) is 6.42 Å². The van der Waals surface area contributed by atoms with E-state index < -0.39 is 6.10 Å². The summed E-state index contributed by atoms with van der Waals surface area (Å²) in [5.74, 6) is 0. The Bertz CT molecular complexity index is 147. The van der Waals surface area contributed by atoms with E-state index in [1.807, 2.05) is 0 Å². The Labute approximate surface area is 72.7 Å². The molecule has 0 saturated carbocycles. The monoisotopic (exact) mass is 172 g/mol. The van der Waals surface area contributed by atoms with Crippen LogP contribution in [0.15, 0.2) is 0 Å². The standard InChI is InChI=1S/C9H16O3/c1-2-3-4-5-7(11)9-8(6-10)12-9/h6-9,11H,2-5H2,1H3/t7-,8+,9+/m1/s1. The minimum atomic E-state index is -0.438. The van der Waals surface area contributed by atoms with E-state index in [1.54, 1.807) is 0 Å². The maximum Gasteiger partial charge on any atom is 0.151 e. The average Bonchev–Trinajstić information content (AvgIpc) is 2.83. The molecule has 1 saturated heterocycles. The van der Waals surface area contributed by atoms with E-state index in [0.29, 0.717) is 0 Å². The molecule has 3 heteroatoms. The molecule has 0 unspecified atom stereocenters. The molecule has 0 spiro atoms. The van der Waals surface area contributed by atoms with Crippen molar-refractivity contribution in [3.8, 4) is 0 Å². The molecule has 0 bridgehead atoms. The molecule has 1 aliphatic rings. The second-order valence-corrected chi connectivity index (χ2v) is 3.26. The first kappa shape index (κ1) is 9.68. The van der Waals surface area contributed by atoms with E-state index in [4.69, 9.17) is 4.74 Å². The first-order chi connectivity index (χ1) is 5.79. The van der Waals surface area contributed by atoms with Gasteiger partial charge < -0.3 is 14.6 Å². The third-order valence-corrected chi connectivity index (χ3v) is 2.18. The maximum atomic E-state index is 10.2. The number of unbranched alkanes of at least 4 members (excludes halogenated alkanes) is 2. The van der Waals surface area contributed by atoms with Crippen LogP contribution < -0.4 is 0 Å². The lowest BCUT2D eigenvalue weighted by Crippen LogP contribution is -2.17. The summed E-state index contributed by atoms with van der Waals surface area (Å²) in [7, 11) is 0. The highest BCUT2D eigenvalue weighted by atomic mass is 16.6. The smallest absolute Gasteiger partial charge is 0.151 e. The van der Waals surface area contributed by atoms with Gasteiger partial charge in [0, 0.05) is 0 Å². The van der Waals surface area contributed by atoms with Gasteiger partial charge in [-0.25, -0.2) is 0 Å². The van der Waals surface area contributed by atoms with Crippen LogP contribution in [0.5, 0.6) is 0 Å². The first-order valence-electron chi connectivity index (χ1n) is 4.58. The zero-order valence-electron chi connectivity index (χ0n) is 7.40. The van der Waals surface area contributed by atoms with Crippen molar-refractivity contribution in [3.05, 3.63) is 0 Å². The van der Waals surface area contributed by atoms with Gasteiger partial charge in [0.05, 0.1) is 6.10 Å². The van der Waals surface area contributed by atoms with Crippen LogP contribution >= 0.6 is 0 Å². The summed E-state index contributed by atoms with van der Waals surface area (Å²) in [6.07, 6.45) is 3.83. The second-order valence-electron chi connectivity index (χ2n) is 3.26. The number of ether oxygens (including phenoxy) is 1. The predicted octanol–water partition coefficient (Wildman–Crippen LogP) is 0.894. The van der Waals surface area contributed by atoms with Gasteiger partial charge in [-0.3, -0.25) is 0 Å². The largest absolute Gasteiger partial charge is 0.390 e. The number of hydrogen-bond donors (Lipinski definition) is 1. The molecule has 3 atom stereocenters. The van der Waals surface area contributed by atoms with E-state index in [0.717, 1.165) is 32.0 Å². The van der Waals surface area contributed by atoms with Gasteiger partial charge in [0.25, 0.3) is 0 Å². The van der Waals surface area contributed by atoms with E-state index in [2.05, 4.69) is 6.92 Å². The number of aliphatic hydroxyl groups is 1. The molecule has 1 fully saturated rings. The number of hydrogen-bond acceptors (Lipinski definition) is 3. The van der Waals surface area contributed by atoms with Gasteiger partial charge in [-0.1, -0.05) is 26.2 Å². The fourth-order valence-electron chi connectivity index (χ4n) is 1.32. The van der Waals surface area contributed by atoms with Crippen molar-refractivity contribution in [2.24, 2.45) is 0 Å². The highest BCUT2D eigenvalue weighted by Gasteiger charge is 2.43. The van der Waals surface area contributed by atoms with Crippen molar-refractivity contribution < 1.29 is 14.6 Å². The summed E-state index contributed by atoms with van der Waals surface area (Å²) < 4.78 is 4.94.